The second kappa shape index (κ2) is 11.5. The van der Waals surface area contributed by atoms with Crippen molar-refractivity contribution in [1.82, 2.24) is 9.80 Å². The molecule has 1 N–H and O–H groups in total. The summed E-state index contributed by atoms with van der Waals surface area (Å²) in [7, 11) is 0. The molecular formula is C28H42N2O6. The maximum Gasteiger partial charge on any atom is 0.312 e. The molecule has 0 aromatic carbocycles. The van der Waals surface area contributed by atoms with Gasteiger partial charge in [0.2, 0.25) is 11.8 Å². The fourth-order valence-corrected chi connectivity index (χ4v) is 6.37. The number of hydrogen-bond acceptors (Lipinski definition) is 6. The molecule has 4 rings (SSSR count). The summed E-state index contributed by atoms with van der Waals surface area (Å²) in [5, 5.41) is 10.4. The van der Waals surface area contributed by atoms with Crippen molar-refractivity contribution in [3.63, 3.8) is 0 Å². The molecule has 0 saturated carbocycles. The highest BCUT2D eigenvalue weighted by Gasteiger charge is 2.72. The van der Waals surface area contributed by atoms with Crippen LogP contribution in [0, 0.1) is 17.8 Å². The molecule has 2 fully saturated rings. The third-order valence-electron chi connectivity index (χ3n) is 8.00. The van der Waals surface area contributed by atoms with Crippen LogP contribution in [0.5, 0.6) is 0 Å². The van der Waals surface area contributed by atoms with Gasteiger partial charge < -0.3 is 24.4 Å². The van der Waals surface area contributed by atoms with Gasteiger partial charge in [-0.1, -0.05) is 57.9 Å². The summed E-state index contributed by atoms with van der Waals surface area (Å²) < 4.78 is 12.2. The van der Waals surface area contributed by atoms with E-state index < -0.39 is 41.6 Å². The lowest BCUT2D eigenvalue weighted by Gasteiger charge is -2.39. The number of nitrogens with zero attached hydrogens (tertiary/aromatic N) is 2. The van der Waals surface area contributed by atoms with Crippen molar-refractivity contribution < 1.29 is 29.0 Å². The number of hydrogen-bond donors (Lipinski definition) is 1. The smallest absolute Gasteiger partial charge is 0.312 e. The Balaban J connectivity index is 1.79. The number of amides is 2. The Morgan fingerprint density at radius 3 is 2.67 bits per heavy atom. The van der Waals surface area contributed by atoms with Gasteiger partial charge in [0.25, 0.3) is 0 Å². The first kappa shape index (κ1) is 26.9. The van der Waals surface area contributed by atoms with Crippen LogP contribution in [0.3, 0.4) is 0 Å². The first-order chi connectivity index (χ1) is 17.4. The molecule has 36 heavy (non-hydrogen) atoms. The first-order valence-corrected chi connectivity index (χ1v) is 13.8. The van der Waals surface area contributed by atoms with E-state index in [1.54, 1.807) is 9.80 Å². The van der Waals surface area contributed by atoms with Crippen LogP contribution in [-0.4, -0.2) is 82.8 Å². The van der Waals surface area contributed by atoms with Gasteiger partial charge in [-0.05, 0) is 38.0 Å². The van der Waals surface area contributed by atoms with Crippen molar-refractivity contribution in [3.05, 3.63) is 24.3 Å². The van der Waals surface area contributed by atoms with Gasteiger partial charge in [-0.3, -0.25) is 14.4 Å². The maximum absolute atomic E-state index is 14.2. The van der Waals surface area contributed by atoms with Crippen molar-refractivity contribution in [1.29, 1.82) is 0 Å². The molecule has 6 atom stereocenters. The Hall–Kier alpha value is -2.19. The number of rotatable bonds is 8. The second-order valence-electron chi connectivity index (χ2n) is 11.0. The summed E-state index contributed by atoms with van der Waals surface area (Å²) in [6, 6.07) is -1.46. The normalized spacial score (nSPS) is 34.2. The quantitative estimate of drug-likeness (QED) is 0.312. The molecule has 4 aliphatic rings. The maximum atomic E-state index is 14.2. The van der Waals surface area contributed by atoms with Gasteiger partial charge in [-0.25, -0.2) is 0 Å². The van der Waals surface area contributed by atoms with Crippen LogP contribution in [0.1, 0.15) is 65.7 Å². The van der Waals surface area contributed by atoms with E-state index in [9.17, 15) is 19.5 Å². The molecular weight excluding hydrogens is 460 g/mol. The van der Waals surface area contributed by atoms with Crippen LogP contribution in [0.4, 0.5) is 0 Å². The fraction of sp³-hybridized carbons (Fsp3) is 0.750. The summed E-state index contributed by atoms with van der Waals surface area (Å²) in [6.07, 6.45) is 13.0. The summed E-state index contributed by atoms with van der Waals surface area (Å²) in [4.78, 5) is 45.0. The predicted octanol–water partition coefficient (Wildman–Crippen LogP) is 2.85. The van der Waals surface area contributed by atoms with Crippen LogP contribution in [0.15, 0.2) is 24.3 Å². The van der Waals surface area contributed by atoms with Crippen molar-refractivity contribution in [3.8, 4) is 0 Å². The number of carbonyl (C=O) groups excluding carboxylic acids is 3. The molecule has 0 aliphatic carbocycles. The summed E-state index contributed by atoms with van der Waals surface area (Å²) in [5.74, 6) is -2.42. The minimum Gasteiger partial charge on any atom is -0.465 e. The molecule has 200 valence electrons. The molecule has 0 bridgehead atoms. The molecule has 0 radical (unpaired) electrons. The molecule has 2 amide bonds. The number of likely N-dealkylation sites (tertiary alicyclic amines) is 1. The lowest BCUT2D eigenvalue weighted by molar-refractivity contribution is -0.156. The van der Waals surface area contributed by atoms with Gasteiger partial charge in [0.1, 0.15) is 17.6 Å². The van der Waals surface area contributed by atoms with E-state index in [2.05, 4.69) is 6.92 Å². The molecule has 0 aromatic rings. The molecule has 8 heteroatoms. The van der Waals surface area contributed by atoms with Gasteiger partial charge in [-0.15, -0.1) is 0 Å². The third-order valence-corrected chi connectivity index (χ3v) is 8.00. The van der Waals surface area contributed by atoms with Crippen LogP contribution in [-0.2, 0) is 23.9 Å². The molecule has 4 aliphatic heterocycles. The number of fused-ring (bicyclic) bond motifs is 2. The number of aliphatic hydroxyl groups excluding tert-OH is 1. The van der Waals surface area contributed by atoms with E-state index in [0.29, 0.717) is 26.1 Å². The van der Waals surface area contributed by atoms with Gasteiger partial charge in [-0.2, -0.15) is 0 Å². The number of unbranched alkanes of at least 4 members (excludes halogenated alkanes) is 2. The van der Waals surface area contributed by atoms with Crippen molar-refractivity contribution >= 4 is 17.8 Å². The Labute approximate surface area is 214 Å². The van der Waals surface area contributed by atoms with E-state index in [4.69, 9.17) is 9.47 Å². The zero-order valence-corrected chi connectivity index (χ0v) is 21.9. The zero-order chi connectivity index (χ0) is 25.9. The van der Waals surface area contributed by atoms with Crippen molar-refractivity contribution in [2.75, 3.05) is 26.3 Å². The Bertz CT molecular complexity index is 885. The summed E-state index contributed by atoms with van der Waals surface area (Å²) >= 11 is 0. The Morgan fingerprint density at radius 1 is 1.14 bits per heavy atom. The SMILES string of the molecule is CCCCCN1CC=C[C@]23O[C@@H]4/C=C\CCCCOC(=O)[C@@H]4[C@H]2C(=O)N([C@@H](CO)CC(C)C)C3C1=O. The number of cyclic esters (lactones) is 1. The van der Waals surface area contributed by atoms with E-state index in [1.807, 2.05) is 38.2 Å². The second-order valence-corrected chi connectivity index (χ2v) is 11.0. The molecule has 0 aromatic heterocycles. The molecule has 2 saturated heterocycles. The van der Waals surface area contributed by atoms with Gasteiger partial charge >= 0.3 is 5.97 Å². The van der Waals surface area contributed by atoms with E-state index >= 15 is 0 Å². The van der Waals surface area contributed by atoms with Gasteiger partial charge in [0, 0.05) is 13.1 Å². The third kappa shape index (κ3) is 4.86. The van der Waals surface area contributed by atoms with E-state index in [1.165, 1.54) is 0 Å². The number of ether oxygens (including phenoxy) is 2. The number of carbonyl (C=O) groups is 3. The lowest BCUT2D eigenvalue weighted by Crippen LogP contribution is -2.58. The van der Waals surface area contributed by atoms with E-state index in [0.717, 1.165) is 38.5 Å². The highest BCUT2D eigenvalue weighted by molar-refractivity contribution is 5.99. The highest BCUT2D eigenvalue weighted by atomic mass is 16.6. The average Bonchev–Trinajstić information content (AvgIpc) is 3.24. The van der Waals surface area contributed by atoms with Crippen LogP contribution in [0.25, 0.3) is 0 Å². The average molecular weight is 503 g/mol. The zero-order valence-electron chi connectivity index (χ0n) is 21.9. The molecule has 1 spiro atoms. The minimum absolute atomic E-state index is 0.171. The fourth-order valence-electron chi connectivity index (χ4n) is 6.37. The van der Waals surface area contributed by atoms with Crippen LogP contribution < -0.4 is 0 Å². The van der Waals surface area contributed by atoms with Gasteiger partial charge in [0.05, 0.1) is 31.3 Å². The summed E-state index contributed by atoms with van der Waals surface area (Å²) in [6.45, 7) is 7.26. The van der Waals surface area contributed by atoms with Crippen molar-refractivity contribution in [2.45, 2.75) is 89.5 Å². The Kier molecular flexibility index (Phi) is 8.56. The topological polar surface area (TPSA) is 96.4 Å². The number of esters is 1. The van der Waals surface area contributed by atoms with Crippen LogP contribution in [0.2, 0.25) is 0 Å². The largest absolute Gasteiger partial charge is 0.465 e. The molecule has 8 nitrogen and oxygen atoms in total. The monoisotopic (exact) mass is 502 g/mol. The first-order valence-electron chi connectivity index (χ1n) is 13.8. The highest BCUT2D eigenvalue weighted by Crippen LogP contribution is 2.53. The van der Waals surface area contributed by atoms with Crippen LogP contribution >= 0.6 is 0 Å². The van der Waals surface area contributed by atoms with Crippen molar-refractivity contribution in [2.24, 2.45) is 17.8 Å². The van der Waals surface area contributed by atoms with Gasteiger partial charge in [0.15, 0.2) is 0 Å². The standard InChI is InChI=1S/C28H42N2O6/c1-4-5-9-14-29-15-11-13-28-23(22-21(36-28)12-8-6-7-10-16-35-27(22)34)25(32)30(24(28)26(29)33)20(18-31)17-19(2)3/h8,11-13,19-24,31H,4-7,9-10,14-18H2,1-3H3/b12-8-/t20-,21-,22+,23+,24?,28+/m1/s1. The predicted molar refractivity (Wildman–Crippen MR) is 135 cm³/mol. The lowest BCUT2D eigenvalue weighted by atomic mass is 9.78. The number of allylic oxidation sites excluding steroid dienone is 1. The van der Waals surface area contributed by atoms with E-state index in [-0.39, 0.29) is 24.3 Å². The minimum atomic E-state index is -1.27. The summed E-state index contributed by atoms with van der Waals surface area (Å²) in [5.41, 5.74) is -1.27. The Morgan fingerprint density at radius 2 is 1.94 bits per heavy atom. The molecule has 4 heterocycles. The molecule has 1 unspecified atom stereocenters. The number of aliphatic hydroxyl groups is 1.